The lowest BCUT2D eigenvalue weighted by molar-refractivity contribution is -0.139. The molecule has 0 fully saturated rings. The SMILES string of the molecule is COC(=O)Nc1ccc(-c2nc3c([nH]2)CCN[C@@H]3C(=O)O)cc1. The van der Waals surface area contributed by atoms with Crippen molar-refractivity contribution in [3.63, 3.8) is 0 Å². The van der Waals surface area contributed by atoms with Crippen LogP contribution in [-0.2, 0) is 16.0 Å². The summed E-state index contributed by atoms with van der Waals surface area (Å²) < 4.78 is 4.53. The largest absolute Gasteiger partial charge is 0.480 e. The Morgan fingerprint density at radius 2 is 2.09 bits per heavy atom. The molecule has 0 spiro atoms. The number of hydrogen-bond donors (Lipinski definition) is 4. The Kier molecular flexibility index (Phi) is 3.98. The van der Waals surface area contributed by atoms with E-state index in [-0.39, 0.29) is 0 Å². The molecular weight excluding hydrogens is 300 g/mol. The van der Waals surface area contributed by atoms with Gasteiger partial charge in [0, 0.05) is 29.9 Å². The van der Waals surface area contributed by atoms with Crippen LogP contribution in [0.4, 0.5) is 10.5 Å². The molecule has 1 aliphatic heterocycles. The number of hydrogen-bond acceptors (Lipinski definition) is 5. The van der Waals surface area contributed by atoms with Crippen molar-refractivity contribution in [2.75, 3.05) is 19.0 Å². The summed E-state index contributed by atoms with van der Waals surface area (Å²) in [5.41, 5.74) is 2.76. The number of fused-ring (bicyclic) bond motifs is 1. The normalized spacial score (nSPS) is 16.5. The number of carboxylic acids is 1. The number of carboxylic acid groups (broad SMARTS) is 1. The number of rotatable bonds is 3. The second-order valence-electron chi connectivity index (χ2n) is 5.12. The molecule has 0 radical (unpaired) electrons. The zero-order chi connectivity index (χ0) is 16.4. The molecule has 3 rings (SSSR count). The van der Waals surface area contributed by atoms with E-state index in [1.54, 1.807) is 24.3 Å². The Labute approximate surface area is 131 Å². The molecule has 1 aliphatic rings. The summed E-state index contributed by atoms with van der Waals surface area (Å²) in [7, 11) is 1.30. The number of imidazole rings is 1. The summed E-state index contributed by atoms with van der Waals surface area (Å²) in [5, 5.41) is 14.7. The van der Waals surface area contributed by atoms with E-state index in [4.69, 9.17) is 0 Å². The minimum Gasteiger partial charge on any atom is -0.480 e. The van der Waals surface area contributed by atoms with Crippen molar-refractivity contribution in [1.29, 1.82) is 0 Å². The van der Waals surface area contributed by atoms with Gasteiger partial charge in [-0.1, -0.05) is 0 Å². The summed E-state index contributed by atoms with van der Waals surface area (Å²) in [4.78, 5) is 30.0. The molecule has 2 heterocycles. The fourth-order valence-electron chi connectivity index (χ4n) is 2.51. The van der Waals surface area contributed by atoms with Gasteiger partial charge in [-0.15, -0.1) is 0 Å². The zero-order valence-corrected chi connectivity index (χ0v) is 12.4. The molecular formula is C15H16N4O4. The number of benzene rings is 1. The van der Waals surface area contributed by atoms with E-state index in [1.807, 2.05) is 0 Å². The molecule has 8 nitrogen and oxygen atoms in total. The van der Waals surface area contributed by atoms with Gasteiger partial charge in [-0.3, -0.25) is 15.4 Å². The Balaban J connectivity index is 1.85. The zero-order valence-electron chi connectivity index (χ0n) is 12.4. The van der Waals surface area contributed by atoms with Crippen molar-refractivity contribution in [2.24, 2.45) is 0 Å². The molecule has 23 heavy (non-hydrogen) atoms. The second kappa shape index (κ2) is 6.09. The van der Waals surface area contributed by atoms with Crippen molar-refractivity contribution in [3.05, 3.63) is 35.7 Å². The quantitative estimate of drug-likeness (QED) is 0.682. The molecule has 1 atom stereocenters. The van der Waals surface area contributed by atoms with Gasteiger partial charge >= 0.3 is 12.1 Å². The molecule has 0 bridgehead atoms. The molecule has 120 valence electrons. The third-order valence-electron chi connectivity index (χ3n) is 3.64. The van der Waals surface area contributed by atoms with Gasteiger partial charge in [0.15, 0.2) is 6.04 Å². The number of amides is 1. The molecule has 0 saturated carbocycles. The van der Waals surface area contributed by atoms with Gasteiger partial charge in [-0.25, -0.2) is 9.78 Å². The number of carbonyl (C=O) groups is 2. The van der Waals surface area contributed by atoms with Crippen LogP contribution in [0.1, 0.15) is 17.4 Å². The fraction of sp³-hybridized carbons (Fsp3) is 0.267. The van der Waals surface area contributed by atoms with E-state index in [0.29, 0.717) is 30.2 Å². The molecule has 0 aliphatic carbocycles. The van der Waals surface area contributed by atoms with Crippen molar-refractivity contribution in [1.82, 2.24) is 15.3 Å². The first-order chi connectivity index (χ1) is 11.1. The molecule has 0 unspecified atom stereocenters. The van der Waals surface area contributed by atoms with Crippen molar-refractivity contribution in [2.45, 2.75) is 12.5 Å². The topological polar surface area (TPSA) is 116 Å². The van der Waals surface area contributed by atoms with Crippen LogP contribution in [0.3, 0.4) is 0 Å². The van der Waals surface area contributed by atoms with Crippen LogP contribution >= 0.6 is 0 Å². The van der Waals surface area contributed by atoms with E-state index in [2.05, 4.69) is 25.3 Å². The van der Waals surface area contributed by atoms with Crippen LogP contribution < -0.4 is 10.6 Å². The number of H-pyrrole nitrogens is 1. The van der Waals surface area contributed by atoms with Crippen LogP contribution in [0.2, 0.25) is 0 Å². The minimum absolute atomic E-state index is 0.524. The van der Waals surface area contributed by atoms with E-state index in [1.165, 1.54) is 7.11 Å². The van der Waals surface area contributed by atoms with Crippen LogP contribution in [0.25, 0.3) is 11.4 Å². The predicted molar refractivity (Wildman–Crippen MR) is 82.1 cm³/mol. The summed E-state index contributed by atoms with van der Waals surface area (Å²) in [5.74, 6) is -0.337. The number of aromatic amines is 1. The van der Waals surface area contributed by atoms with Gasteiger partial charge in [0.2, 0.25) is 0 Å². The highest BCUT2D eigenvalue weighted by molar-refractivity contribution is 5.84. The van der Waals surface area contributed by atoms with E-state index >= 15 is 0 Å². The van der Waals surface area contributed by atoms with Gasteiger partial charge in [0.05, 0.1) is 12.8 Å². The molecule has 4 N–H and O–H groups in total. The number of anilines is 1. The molecule has 1 aromatic carbocycles. The summed E-state index contributed by atoms with van der Waals surface area (Å²) >= 11 is 0. The monoisotopic (exact) mass is 316 g/mol. The lowest BCUT2D eigenvalue weighted by atomic mass is 10.1. The van der Waals surface area contributed by atoms with Gasteiger partial charge in [-0.05, 0) is 24.3 Å². The third kappa shape index (κ3) is 3.02. The maximum Gasteiger partial charge on any atom is 0.411 e. The second-order valence-corrected chi connectivity index (χ2v) is 5.12. The Bertz CT molecular complexity index is 738. The smallest absolute Gasteiger partial charge is 0.411 e. The van der Waals surface area contributed by atoms with E-state index in [9.17, 15) is 14.7 Å². The Hall–Kier alpha value is -2.87. The van der Waals surface area contributed by atoms with Crippen LogP contribution in [-0.4, -0.2) is 40.8 Å². The van der Waals surface area contributed by atoms with Gasteiger partial charge in [0.1, 0.15) is 5.82 Å². The number of carbonyl (C=O) groups excluding carboxylic acids is 1. The highest BCUT2D eigenvalue weighted by Crippen LogP contribution is 2.26. The number of methoxy groups -OCH3 is 1. The number of aliphatic carboxylic acids is 1. The number of nitrogens with zero attached hydrogens (tertiary/aromatic N) is 1. The molecule has 0 saturated heterocycles. The summed E-state index contributed by atoms with van der Waals surface area (Å²) in [6.45, 7) is 0.591. The average Bonchev–Trinajstić information content (AvgIpc) is 2.99. The standard InChI is InChI=1S/C15H16N4O4/c1-23-15(22)17-9-4-2-8(3-5-9)13-18-10-6-7-16-12(14(20)21)11(10)19-13/h2-5,12,16H,6-7H2,1H3,(H,17,22)(H,18,19)(H,20,21)/t12-/m0/s1. The first-order valence-corrected chi connectivity index (χ1v) is 7.09. The maximum absolute atomic E-state index is 11.3. The van der Waals surface area contributed by atoms with Gasteiger partial charge < -0.3 is 14.8 Å². The molecule has 2 aromatic rings. The van der Waals surface area contributed by atoms with E-state index < -0.39 is 18.1 Å². The highest BCUT2D eigenvalue weighted by Gasteiger charge is 2.29. The number of nitrogens with one attached hydrogen (secondary N) is 3. The fourth-order valence-corrected chi connectivity index (χ4v) is 2.51. The summed E-state index contributed by atoms with van der Waals surface area (Å²) in [6, 6.07) is 6.24. The lowest BCUT2D eigenvalue weighted by Crippen LogP contribution is -2.35. The first-order valence-electron chi connectivity index (χ1n) is 7.09. The number of ether oxygens (including phenoxy) is 1. The first kappa shape index (κ1) is 15.0. The highest BCUT2D eigenvalue weighted by atomic mass is 16.5. The Morgan fingerprint density at radius 1 is 1.35 bits per heavy atom. The van der Waals surface area contributed by atoms with Crippen LogP contribution in [0.15, 0.2) is 24.3 Å². The van der Waals surface area contributed by atoms with Crippen molar-refractivity contribution < 1.29 is 19.4 Å². The molecule has 8 heteroatoms. The van der Waals surface area contributed by atoms with Gasteiger partial charge in [0.25, 0.3) is 0 Å². The lowest BCUT2D eigenvalue weighted by Gasteiger charge is -2.18. The van der Waals surface area contributed by atoms with Crippen molar-refractivity contribution >= 4 is 17.7 Å². The van der Waals surface area contributed by atoms with Crippen LogP contribution in [0, 0.1) is 0 Å². The predicted octanol–water partition coefficient (Wildman–Crippen LogP) is 1.53. The summed E-state index contributed by atoms with van der Waals surface area (Å²) in [6.07, 6.45) is 0.162. The third-order valence-corrected chi connectivity index (χ3v) is 3.64. The Morgan fingerprint density at radius 3 is 2.74 bits per heavy atom. The minimum atomic E-state index is -0.943. The molecule has 1 aromatic heterocycles. The average molecular weight is 316 g/mol. The maximum atomic E-state index is 11.3. The van der Waals surface area contributed by atoms with E-state index in [0.717, 1.165) is 11.3 Å². The van der Waals surface area contributed by atoms with Crippen LogP contribution in [0.5, 0.6) is 0 Å². The number of aromatic nitrogens is 2. The van der Waals surface area contributed by atoms with Crippen molar-refractivity contribution in [3.8, 4) is 11.4 Å². The van der Waals surface area contributed by atoms with Gasteiger partial charge in [-0.2, -0.15) is 0 Å². The molecule has 1 amide bonds.